The summed E-state index contributed by atoms with van der Waals surface area (Å²) in [5.41, 5.74) is 6.57. The number of benzene rings is 1. The number of ether oxygens (including phenoxy) is 2. The van der Waals surface area contributed by atoms with Gasteiger partial charge in [0.2, 0.25) is 0 Å². The SMILES string of the molecule is COc1cccc(OC)c1C1(N)CC(O)C1. The molecule has 1 aromatic rings. The third kappa shape index (κ3) is 1.64. The Morgan fingerprint density at radius 3 is 2.12 bits per heavy atom. The number of nitrogens with two attached hydrogens (primary N) is 1. The minimum absolute atomic E-state index is 0.320. The number of hydrogen-bond donors (Lipinski definition) is 2. The zero-order chi connectivity index (χ0) is 11.8. The first kappa shape index (κ1) is 11.2. The van der Waals surface area contributed by atoms with Gasteiger partial charge in [0.25, 0.3) is 0 Å². The van der Waals surface area contributed by atoms with Crippen molar-refractivity contribution in [1.29, 1.82) is 0 Å². The lowest BCUT2D eigenvalue weighted by molar-refractivity contribution is 0.0187. The van der Waals surface area contributed by atoms with E-state index < -0.39 is 5.54 Å². The Morgan fingerprint density at radius 1 is 1.25 bits per heavy atom. The summed E-state index contributed by atoms with van der Waals surface area (Å²) in [4.78, 5) is 0. The van der Waals surface area contributed by atoms with Crippen LogP contribution in [0.5, 0.6) is 11.5 Å². The van der Waals surface area contributed by atoms with E-state index in [1.807, 2.05) is 18.2 Å². The van der Waals surface area contributed by atoms with Gasteiger partial charge in [0.05, 0.1) is 31.4 Å². The summed E-state index contributed by atoms with van der Waals surface area (Å²) in [7, 11) is 3.22. The Bertz CT molecular complexity index is 364. The first-order chi connectivity index (χ1) is 7.60. The van der Waals surface area contributed by atoms with E-state index in [4.69, 9.17) is 15.2 Å². The van der Waals surface area contributed by atoms with Gasteiger partial charge in [0, 0.05) is 0 Å². The van der Waals surface area contributed by atoms with E-state index >= 15 is 0 Å². The Morgan fingerprint density at radius 2 is 1.75 bits per heavy atom. The van der Waals surface area contributed by atoms with Gasteiger partial charge in [-0.2, -0.15) is 0 Å². The molecule has 2 rings (SSSR count). The van der Waals surface area contributed by atoms with Crippen molar-refractivity contribution in [2.75, 3.05) is 14.2 Å². The van der Waals surface area contributed by atoms with Gasteiger partial charge in [-0.3, -0.25) is 0 Å². The third-order valence-electron chi connectivity index (χ3n) is 3.13. The highest BCUT2D eigenvalue weighted by atomic mass is 16.5. The van der Waals surface area contributed by atoms with Crippen LogP contribution < -0.4 is 15.2 Å². The standard InChI is InChI=1S/C12H17NO3/c1-15-9-4-3-5-10(16-2)11(9)12(13)6-8(14)7-12/h3-5,8,14H,6-7,13H2,1-2H3. The molecular formula is C12H17NO3. The van der Waals surface area contributed by atoms with Crippen LogP contribution in [-0.4, -0.2) is 25.4 Å². The predicted molar refractivity (Wildman–Crippen MR) is 60.7 cm³/mol. The molecule has 0 aromatic heterocycles. The minimum Gasteiger partial charge on any atom is -0.496 e. The molecule has 1 aliphatic carbocycles. The fourth-order valence-electron chi connectivity index (χ4n) is 2.33. The second kappa shape index (κ2) is 3.96. The van der Waals surface area contributed by atoms with Crippen molar-refractivity contribution >= 4 is 0 Å². The second-order valence-corrected chi connectivity index (χ2v) is 4.26. The molecule has 0 spiro atoms. The summed E-state index contributed by atoms with van der Waals surface area (Å²) in [6.07, 6.45) is 0.771. The highest BCUT2D eigenvalue weighted by Gasteiger charge is 2.45. The Kier molecular flexibility index (Phi) is 2.78. The van der Waals surface area contributed by atoms with Crippen LogP contribution in [0.3, 0.4) is 0 Å². The summed E-state index contributed by atoms with van der Waals surface area (Å²) in [6, 6.07) is 5.58. The van der Waals surface area contributed by atoms with Gasteiger partial charge >= 0.3 is 0 Å². The van der Waals surface area contributed by atoms with Crippen LogP contribution in [0, 0.1) is 0 Å². The van der Waals surface area contributed by atoms with Crippen molar-refractivity contribution in [3.8, 4) is 11.5 Å². The third-order valence-corrected chi connectivity index (χ3v) is 3.13. The average Bonchev–Trinajstić information content (AvgIpc) is 2.25. The molecule has 3 N–H and O–H groups in total. The van der Waals surface area contributed by atoms with Crippen LogP contribution >= 0.6 is 0 Å². The van der Waals surface area contributed by atoms with Crippen molar-refractivity contribution in [3.63, 3.8) is 0 Å². The summed E-state index contributed by atoms with van der Waals surface area (Å²) < 4.78 is 10.6. The number of hydrogen-bond acceptors (Lipinski definition) is 4. The van der Waals surface area contributed by atoms with Crippen molar-refractivity contribution in [3.05, 3.63) is 23.8 Å². The lowest BCUT2D eigenvalue weighted by atomic mass is 9.70. The summed E-state index contributed by atoms with van der Waals surface area (Å²) in [5, 5.41) is 9.41. The second-order valence-electron chi connectivity index (χ2n) is 4.26. The molecule has 0 saturated heterocycles. The fourth-order valence-corrected chi connectivity index (χ4v) is 2.33. The van der Waals surface area contributed by atoms with Crippen LogP contribution in [-0.2, 0) is 5.54 Å². The van der Waals surface area contributed by atoms with Crippen molar-refractivity contribution in [1.82, 2.24) is 0 Å². The predicted octanol–water partition coefficient (Wildman–Crippen LogP) is 1.01. The van der Waals surface area contributed by atoms with Gasteiger partial charge in [0.15, 0.2) is 0 Å². The monoisotopic (exact) mass is 223 g/mol. The zero-order valence-corrected chi connectivity index (χ0v) is 9.56. The van der Waals surface area contributed by atoms with Crippen LogP contribution in [0.1, 0.15) is 18.4 Å². The van der Waals surface area contributed by atoms with Gasteiger partial charge in [-0.05, 0) is 25.0 Å². The Hall–Kier alpha value is -1.26. The smallest absolute Gasteiger partial charge is 0.127 e. The molecule has 16 heavy (non-hydrogen) atoms. The minimum atomic E-state index is -0.530. The lowest BCUT2D eigenvalue weighted by Crippen LogP contribution is -2.51. The molecule has 0 bridgehead atoms. The number of rotatable bonds is 3. The van der Waals surface area contributed by atoms with E-state index in [0.717, 1.165) is 5.56 Å². The maximum absolute atomic E-state index is 9.41. The molecular weight excluding hydrogens is 206 g/mol. The van der Waals surface area contributed by atoms with Crippen molar-refractivity contribution in [2.24, 2.45) is 5.73 Å². The molecule has 0 aliphatic heterocycles. The first-order valence-corrected chi connectivity index (χ1v) is 5.29. The molecule has 0 heterocycles. The number of aliphatic hydroxyl groups is 1. The topological polar surface area (TPSA) is 64.7 Å². The molecule has 0 radical (unpaired) electrons. The molecule has 4 heteroatoms. The van der Waals surface area contributed by atoms with Gasteiger partial charge in [0.1, 0.15) is 11.5 Å². The van der Waals surface area contributed by atoms with Gasteiger partial charge in [-0.15, -0.1) is 0 Å². The summed E-state index contributed by atoms with van der Waals surface area (Å²) in [6.45, 7) is 0. The summed E-state index contributed by atoms with van der Waals surface area (Å²) >= 11 is 0. The maximum atomic E-state index is 9.41. The van der Waals surface area contributed by atoms with Crippen LogP contribution in [0.15, 0.2) is 18.2 Å². The van der Waals surface area contributed by atoms with Gasteiger partial charge in [-0.1, -0.05) is 6.07 Å². The summed E-state index contributed by atoms with van der Waals surface area (Å²) in [5.74, 6) is 1.43. The normalized spacial score (nSPS) is 28.4. The molecule has 0 amide bonds. The maximum Gasteiger partial charge on any atom is 0.127 e. The van der Waals surface area contributed by atoms with E-state index in [1.165, 1.54) is 0 Å². The zero-order valence-electron chi connectivity index (χ0n) is 9.56. The van der Waals surface area contributed by atoms with Gasteiger partial charge in [-0.25, -0.2) is 0 Å². The molecule has 4 nitrogen and oxygen atoms in total. The van der Waals surface area contributed by atoms with E-state index in [1.54, 1.807) is 14.2 Å². The lowest BCUT2D eigenvalue weighted by Gasteiger charge is -2.43. The number of methoxy groups -OCH3 is 2. The molecule has 0 atom stereocenters. The van der Waals surface area contributed by atoms with E-state index in [-0.39, 0.29) is 6.10 Å². The largest absolute Gasteiger partial charge is 0.496 e. The van der Waals surface area contributed by atoms with Crippen LogP contribution in [0.2, 0.25) is 0 Å². The van der Waals surface area contributed by atoms with Gasteiger partial charge < -0.3 is 20.3 Å². The first-order valence-electron chi connectivity index (χ1n) is 5.29. The fraction of sp³-hybridized carbons (Fsp3) is 0.500. The molecule has 1 aliphatic rings. The number of aliphatic hydroxyl groups excluding tert-OH is 1. The van der Waals surface area contributed by atoms with Crippen molar-refractivity contribution < 1.29 is 14.6 Å². The highest BCUT2D eigenvalue weighted by Crippen LogP contribution is 2.47. The highest BCUT2D eigenvalue weighted by molar-refractivity contribution is 5.50. The Labute approximate surface area is 95.0 Å². The van der Waals surface area contributed by atoms with E-state index in [0.29, 0.717) is 24.3 Å². The van der Waals surface area contributed by atoms with Crippen LogP contribution in [0.25, 0.3) is 0 Å². The Balaban J connectivity index is 2.45. The quantitative estimate of drug-likeness (QED) is 0.802. The molecule has 1 saturated carbocycles. The molecule has 1 fully saturated rings. The molecule has 88 valence electrons. The molecule has 0 unspecified atom stereocenters. The molecule has 1 aromatic carbocycles. The van der Waals surface area contributed by atoms with Crippen LogP contribution in [0.4, 0.5) is 0 Å². The average molecular weight is 223 g/mol. The van der Waals surface area contributed by atoms with E-state index in [9.17, 15) is 5.11 Å². The van der Waals surface area contributed by atoms with E-state index in [2.05, 4.69) is 0 Å². The van der Waals surface area contributed by atoms with Crippen molar-refractivity contribution in [2.45, 2.75) is 24.5 Å².